The van der Waals surface area contributed by atoms with E-state index in [4.69, 9.17) is 47.4 Å². The second-order valence-corrected chi connectivity index (χ2v) is 22.9. The van der Waals surface area contributed by atoms with Crippen molar-refractivity contribution in [3.05, 3.63) is 45.7 Å². The molecule has 18 atom stereocenters. The van der Waals surface area contributed by atoms with Gasteiger partial charge in [-0.15, -0.1) is 0 Å². The number of carbonyl (C=O) groups is 4. The minimum atomic E-state index is -1.50. The summed E-state index contributed by atoms with van der Waals surface area (Å²) in [5, 5.41) is 25.3. The second-order valence-electron chi connectivity index (χ2n) is 22.9. The monoisotopic (exact) mass is 1090 g/mol. The molecule has 77 heavy (non-hydrogen) atoms. The van der Waals surface area contributed by atoms with E-state index in [9.17, 15) is 34.2 Å². The second kappa shape index (κ2) is 26.0. The number of nitrogens with zero attached hydrogens (tertiary/aromatic N) is 2. The number of hydrogen-bond donors (Lipinski definition) is 3. The number of nitrogens with one attached hydrogen (secondary N) is 1. The maximum atomic E-state index is 14.8. The lowest BCUT2D eigenvalue weighted by molar-refractivity contribution is -0.322. The SMILES string of the molecule is CC[C@@H]1OC(=O)[C@H](C)[C@H](O[C@@H]2C[C@](C)(OC)[C@H](OCCCNCCCc3ccc4c(c3)c(=O)c(C(=O)O)cn4CC)[C@H](C)O2)[C@@H](C)[C@H](O[C@H]2O[C@@H](C)C[C@@H](N(C)C)[C@H]2O)[C@](C)(OC)C[C@H](C)C(=O)[C@@H](C)[C@H]2OC(=O)O[C@@]12C. The van der Waals surface area contributed by atoms with Gasteiger partial charge in [0.25, 0.3) is 0 Å². The molecule has 0 saturated carbocycles. The van der Waals surface area contributed by atoms with Gasteiger partial charge in [-0.2, -0.15) is 0 Å². The Hall–Kier alpha value is -4.09. The van der Waals surface area contributed by atoms with Crippen LogP contribution < -0.4 is 10.7 Å². The number of carboxylic acids is 1. The number of pyridine rings is 1. The van der Waals surface area contributed by atoms with Gasteiger partial charge in [-0.05, 0) is 132 Å². The number of rotatable bonds is 19. The molecular weight excluding hydrogens is 999 g/mol. The van der Waals surface area contributed by atoms with Gasteiger partial charge in [-0.25, -0.2) is 9.59 Å². The quantitative estimate of drug-likeness (QED) is 0.103. The number of ether oxygens (including phenoxy) is 10. The molecule has 0 bridgehead atoms. The Balaban J connectivity index is 1.19. The molecule has 0 unspecified atom stereocenters. The average molecular weight is 1090 g/mol. The Morgan fingerprint density at radius 3 is 2.19 bits per heavy atom. The van der Waals surface area contributed by atoms with Crippen molar-refractivity contribution in [1.82, 2.24) is 14.8 Å². The van der Waals surface area contributed by atoms with Crippen molar-refractivity contribution in [2.24, 2.45) is 23.7 Å². The molecule has 0 aliphatic carbocycles. The number of aryl methyl sites for hydroxylation is 2. The third-order valence-electron chi connectivity index (χ3n) is 17.0. The highest BCUT2D eigenvalue weighted by atomic mass is 16.8. The number of benzene rings is 1. The van der Waals surface area contributed by atoms with Gasteiger partial charge in [-0.1, -0.05) is 33.8 Å². The van der Waals surface area contributed by atoms with Gasteiger partial charge in [0.05, 0.1) is 53.0 Å². The molecule has 2 aromatic rings. The zero-order valence-corrected chi connectivity index (χ0v) is 48.2. The molecule has 0 amide bonds. The van der Waals surface area contributed by atoms with E-state index < -0.39 is 119 Å². The molecule has 4 fully saturated rings. The summed E-state index contributed by atoms with van der Waals surface area (Å²) in [6.07, 6.45) is -4.84. The predicted octanol–water partition coefficient (Wildman–Crippen LogP) is 6.29. The number of cyclic esters (lactones) is 1. The number of hydrogen-bond acceptors (Lipinski definition) is 18. The van der Waals surface area contributed by atoms with E-state index in [0.29, 0.717) is 56.4 Å². The fraction of sp³-hybridized carbons (Fsp3) is 0.772. The smallest absolute Gasteiger partial charge is 0.477 e. The van der Waals surface area contributed by atoms with Gasteiger partial charge < -0.3 is 72.4 Å². The molecule has 0 spiro atoms. The normalized spacial score (nSPS) is 37.5. The number of aromatic carboxylic acids is 1. The molecule has 0 radical (unpaired) electrons. The van der Waals surface area contributed by atoms with Gasteiger partial charge in [0.1, 0.15) is 29.7 Å². The minimum Gasteiger partial charge on any atom is -0.477 e. The van der Waals surface area contributed by atoms with Crippen LogP contribution in [0.4, 0.5) is 4.79 Å². The molecule has 1 aromatic carbocycles. The molecule has 3 N–H and O–H groups in total. The van der Waals surface area contributed by atoms with Crippen molar-refractivity contribution in [3.8, 4) is 0 Å². The molecule has 5 heterocycles. The molecule has 20 nitrogen and oxygen atoms in total. The number of aliphatic hydroxyl groups excluding tert-OH is 1. The number of fused-ring (bicyclic) bond motifs is 2. The van der Waals surface area contributed by atoms with Crippen molar-refractivity contribution >= 4 is 34.8 Å². The van der Waals surface area contributed by atoms with Crippen LogP contribution >= 0.6 is 0 Å². The first kappa shape index (κ1) is 62.1. The summed E-state index contributed by atoms with van der Waals surface area (Å²) in [7, 11) is 6.93. The van der Waals surface area contributed by atoms with Crippen LogP contribution in [0.15, 0.2) is 29.2 Å². The predicted molar refractivity (Wildman–Crippen MR) is 285 cm³/mol. The lowest BCUT2D eigenvalue weighted by Gasteiger charge is -2.50. The van der Waals surface area contributed by atoms with Gasteiger partial charge in [0.15, 0.2) is 24.3 Å². The Kier molecular flexibility index (Phi) is 21.0. The number of Topliss-reactive ketones (excluding diaryl/α,β-unsaturated/α-hetero) is 1. The molecule has 1 aromatic heterocycles. The number of aromatic nitrogens is 1. The van der Waals surface area contributed by atoms with E-state index in [1.807, 2.05) is 72.7 Å². The zero-order chi connectivity index (χ0) is 56.9. The fourth-order valence-corrected chi connectivity index (χ4v) is 12.5. The van der Waals surface area contributed by atoms with Crippen molar-refractivity contribution in [1.29, 1.82) is 0 Å². The zero-order valence-electron chi connectivity index (χ0n) is 48.2. The highest BCUT2D eigenvalue weighted by Gasteiger charge is 2.59. The van der Waals surface area contributed by atoms with Crippen LogP contribution in [-0.4, -0.2) is 176 Å². The van der Waals surface area contributed by atoms with Crippen LogP contribution in [0.3, 0.4) is 0 Å². The third kappa shape index (κ3) is 13.6. The van der Waals surface area contributed by atoms with Crippen LogP contribution in [-0.2, 0) is 69.9 Å². The first-order valence-corrected chi connectivity index (χ1v) is 27.7. The summed E-state index contributed by atoms with van der Waals surface area (Å²) in [6, 6.07) is 5.35. The summed E-state index contributed by atoms with van der Waals surface area (Å²) in [6.45, 7) is 22.3. The molecule has 4 saturated heterocycles. The number of aliphatic hydroxyl groups is 1. The lowest BCUT2D eigenvalue weighted by atomic mass is 9.74. The van der Waals surface area contributed by atoms with E-state index in [1.165, 1.54) is 13.3 Å². The average Bonchev–Trinajstić information content (AvgIpc) is 3.74. The number of carbonyl (C=O) groups excluding carboxylic acids is 3. The van der Waals surface area contributed by atoms with Crippen LogP contribution in [0.1, 0.15) is 131 Å². The summed E-state index contributed by atoms with van der Waals surface area (Å²) < 4.78 is 65.9. The fourth-order valence-electron chi connectivity index (χ4n) is 12.5. The lowest BCUT2D eigenvalue weighted by Crippen LogP contribution is -2.61. The highest BCUT2D eigenvalue weighted by molar-refractivity contribution is 5.92. The first-order valence-electron chi connectivity index (χ1n) is 27.7. The molecule has 434 valence electrons. The number of methoxy groups -OCH3 is 2. The molecule has 4 aliphatic rings. The molecule has 6 rings (SSSR count). The molecule has 20 heteroatoms. The molecule has 4 aliphatic heterocycles. The Bertz CT molecular complexity index is 2420. The Morgan fingerprint density at radius 1 is 0.883 bits per heavy atom. The largest absolute Gasteiger partial charge is 0.509 e. The van der Waals surface area contributed by atoms with E-state index >= 15 is 0 Å². The Morgan fingerprint density at radius 2 is 1.56 bits per heavy atom. The maximum Gasteiger partial charge on any atom is 0.509 e. The van der Waals surface area contributed by atoms with Crippen LogP contribution in [0, 0.1) is 23.7 Å². The summed E-state index contributed by atoms with van der Waals surface area (Å²) in [4.78, 5) is 68.9. The summed E-state index contributed by atoms with van der Waals surface area (Å²) in [5.74, 6) is -5.40. The standard InChI is InChI=1S/C57H89N3O17/c1-16-42-57(11)49(76-54(67)77-57)33(5)44(61)31(3)28-55(9,68-14)48(75-53-46(63)41(59(12)13)26-32(4)71-53)34(6)47(35(7)52(66)73-42)74-43-29-56(10,69-15)50(36(8)72-43)70-25-19-24-58-23-18-20-37-21-22-40-38(27-37)45(62)39(51(64)65)30-60(40)17-2/h21-22,27,30-36,41-43,46-50,53,58,63H,16-20,23-26,28-29H2,1-15H3,(H,64,65)/t31-,32-,33+,34+,35+,36-,41+,42-,43+,46+,47+,48-,49+,50+,53+,55+,56-,57-/m0/s1. The highest BCUT2D eigenvalue weighted by Crippen LogP contribution is 2.44. The van der Waals surface area contributed by atoms with Gasteiger partial charge in [-0.3, -0.25) is 14.4 Å². The number of likely N-dealkylation sites (N-methyl/N-ethyl adjacent to an activating group) is 1. The molecular formula is C57H89N3O17. The van der Waals surface area contributed by atoms with E-state index in [2.05, 4.69) is 5.32 Å². The van der Waals surface area contributed by atoms with Crippen molar-refractivity contribution in [2.75, 3.05) is 48.0 Å². The number of carboxylic acid groups (broad SMARTS) is 1. The van der Waals surface area contributed by atoms with Crippen LogP contribution in [0.5, 0.6) is 0 Å². The van der Waals surface area contributed by atoms with Gasteiger partial charge in [0.2, 0.25) is 5.43 Å². The number of ketones is 1. The summed E-state index contributed by atoms with van der Waals surface area (Å²) in [5.41, 5.74) is -2.75. The van der Waals surface area contributed by atoms with Crippen LogP contribution in [0.25, 0.3) is 10.9 Å². The van der Waals surface area contributed by atoms with Crippen molar-refractivity contribution in [2.45, 2.75) is 212 Å². The van der Waals surface area contributed by atoms with E-state index in [0.717, 1.165) is 12.0 Å². The third-order valence-corrected chi connectivity index (χ3v) is 17.0. The van der Waals surface area contributed by atoms with Crippen molar-refractivity contribution in [3.63, 3.8) is 0 Å². The van der Waals surface area contributed by atoms with E-state index in [1.54, 1.807) is 52.4 Å². The Labute approximate surface area is 454 Å². The summed E-state index contributed by atoms with van der Waals surface area (Å²) >= 11 is 0. The van der Waals surface area contributed by atoms with Gasteiger partial charge in [0, 0.05) is 63.3 Å². The van der Waals surface area contributed by atoms with Crippen molar-refractivity contribution < 1.29 is 76.8 Å². The van der Waals surface area contributed by atoms with E-state index in [-0.39, 0.29) is 42.8 Å². The maximum absolute atomic E-state index is 14.8. The topological polar surface area (TPSA) is 238 Å². The number of esters is 1. The van der Waals surface area contributed by atoms with Crippen LogP contribution in [0.2, 0.25) is 0 Å². The van der Waals surface area contributed by atoms with Gasteiger partial charge >= 0.3 is 18.1 Å². The first-order chi connectivity index (χ1) is 36.3. The minimum absolute atomic E-state index is 0.123.